The van der Waals surface area contributed by atoms with E-state index in [2.05, 4.69) is 9.72 Å². The number of pyridine rings is 1. The summed E-state index contributed by atoms with van der Waals surface area (Å²) in [6.07, 6.45) is 1.79. The predicted molar refractivity (Wildman–Crippen MR) is 114 cm³/mol. The second kappa shape index (κ2) is 8.89. The van der Waals surface area contributed by atoms with Gasteiger partial charge in [-0.25, -0.2) is 17.6 Å². The fourth-order valence-electron chi connectivity index (χ4n) is 3.28. The third-order valence-corrected chi connectivity index (χ3v) is 6.05. The number of aromatic amines is 1. The molecule has 0 fully saturated rings. The minimum atomic E-state index is -3.33. The van der Waals surface area contributed by atoms with Crippen LogP contribution in [0, 0.1) is 5.82 Å². The number of esters is 1. The fraction of sp³-hybridized carbons (Fsp3) is 0.273. The maximum absolute atomic E-state index is 14.5. The zero-order valence-electron chi connectivity index (χ0n) is 17.3. The molecule has 31 heavy (non-hydrogen) atoms. The molecule has 1 heterocycles. The van der Waals surface area contributed by atoms with Crippen molar-refractivity contribution in [1.82, 2.24) is 4.98 Å². The van der Waals surface area contributed by atoms with Gasteiger partial charge in [-0.2, -0.15) is 0 Å². The highest BCUT2D eigenvalue weighted by Gasteiger charge is 2.19. The number of methoxy groups -OCH3 is 1. The first-order chi connectivity index (χ1) is 14.7. The monoisotopic (exact) mass is 447 g/mol. The van der Waals surface area contributed by atoms with Crippen molar-refractivity contribution in [2.24, 2.45) is 0 Å². The molecule has 0 aliphatic carbocycles. The Labute approximate surface area is 178 Å². The van der Waals surface area contributed by atoms with Crippen LogP contribution in [0.25, 0.3) is 10.9 Å². The number of halogens is 1. The molecule has 9 heteroatoms. The summed E-state index contributed by atoms with van der Waals surface area (Å²) < 4.78 is 47.8. The lowest BCUT2D eigenvalue weighted by molar-refractivity contribution is -0.142. The molecule has 1 N–H and O–H groups in total. The van der Waals surface area contributed by atoms with Crippen LogP contribution in [0.15, 0.2) is 46.1 Å². The summed E-state index contributed by atoms with van der Waals surface area (Å²) in [5.41, 5.74) is 1.28. The fourth-order valence-corrected chi connectivity index (χ4v) is 3.91. The molecule has 0 bridgehead atoms. The molecule has 2 aromatic carbocycles. The van der Waals surface area contributed by atoms with Gasteiger partial charge in [0.2, 0.25) is 0 Å². The number of nitrogens with one attached hydrogen (secondary N) is 1. The summed E-state index contributed by atoms with van der Waals surface area (Å²) in [5, 5.41) is 0.00357. The molecular weight excluding hydrogens is 425 g/mol. The van der Waals surface area contributed by atoms with Crippen LogP contribution >= 0.6 is 0 Å². The third kappa shape index (κ3) is 4.77. The number of rotatable bonds is 7. The van der Waals surface area contributed by atoms with E-state index >= 15 is 0 Å². The van der Waals surface area contributed by atoms with Gasteiger partial charge in [-0.05, 0) is 36.2 Å². The number of carbonyl (C=O) groups is 1. The van der Waals surface area contributed by atoms with Crippen molar-refractivity contribution >= 4 is 26.7 Å². The second-order valence-electron chi connectivity index (χ2n) is 7.02. The Morgan fingerprint density at radius 3 is 2.39 bits per heavy atom. The largest absolute Gasteiger partial charge is 0.481 e. The molecule has 0 radical (unpaired) electrons. The molecule has 0 atom stereocenters. The molecule has 7 nitrogen and oxygen atoms in total. The number of sulfone groups is 1. The summed E-state index contributed by atoms with van der Waals surface area (Å²) in [7, 11) is -2.12. The third-order valence-electron chi connectivity index (χ3n) is 4.92. The highest BCUT2D eigenvalue weighted by Crippen LogP contribution is 2.26. The van der Waals surface area contributed by atoms with Crippen molar-refractivity contribution < 1.29 is 27.1 Å². The summed E-state index contributed by atoms with van der Waals surface area (Å²) in [6, 6.07) is 8.70. The Morgan fingerprint density at radius 2 is 1.81 bits per heavy atom. The number of fused-ring (bicyclic) bond motifs is 1. The molecule has 0 amide bonds. The lowest BCUT2D eigenvalue weighted by Gasteiger charge is -2.14. The molecule has 0 aliphatic heterocycles. The van der Waals surface area contributed by atoms with Crippen molar-refractivity contribution in [3.63, 3.8) is 0 Å². The molecular formula is C22H22FNO6S. The summed E-state index contributed by atoms with van der Waals surface area (Å²) in [6.45, 7) is 1.41. The minimum Gasteiger partial charge on any atom is -0.481 e. The number of ether oxygens (including phenoxy) is 2. The van der Waals surface area contributed by atoms with Crippen molar-refractivity contribution in [2.45, 2.75) is 24.7 Å². The number of aryl methyl sites for hydroxylation is 1. The van der Waals surface area contributed by atoms with Gasteiger partial charge in [-0.15, -0.1) is 0 Å². The van der Waals surface area contributed by atoms with Crippen LogP contribution in [0.5, 0.6) is 5.75 Å². The molecule has 3 aromatic rings. The standard InChI is InChI=1S/C22H22FNO6S/c1-4-17-15(11-13-5-7-14(8-6-13)31(3,27)28)22(26)20-18(30-12-19(25)29-2)10-9-16(23)21(20)24-17/h5-10H,4,11-12H2,1-3H3,(H,24,26). The number of aromatic nitrogens is 1. The van der Waals surface area contributed by atoms with Crippen LogP contribution in [-0.2, 0) is 32.2 Å². The minimum absolute atomic E-state index is 0.000361. The van der Waals surface area contributed by atoms with E-state index in [1.165, 1.54) is 25.3 Å². The van der Waals surface area contributed by atoms with E-state index in [4.69, 9.17) is 4.74 Å². The first-order valence-electron chi connectivity index (χ1n) is 9.50. The van der Waals surface area contributed by atoms with Crippen molar-refractivity contribution in [2.75, 3.05) is 20.0 Å². The van der Waals surface area contributed by atoms with Crippen molar-refractivity contribution in [3.05, 3.63) is 69.3 Å². The number of hydrogen-bond acceptors (Lipinski definition) is 6. The number of benzene rings is 2. The van der Waals surface area contributed by atoms with E-state index in [9.17, 15) is 22.4 Å². The topological polar surface area (TPSA) is 103 Å². The number of H-pyrrole nitrogens is 1. The van der Waals surface area contributed by atoms with Crippen LogP contribution in [-0.4, -0.2) is 39.3 Å². The van der Waals surface area contributed by atoms with Gasteiger partial charge in [0.05, 0.1) is 22.9 Å². The predicted octanol–water partition coefficient (Wildman–Crippen LogP) is 2.78. The van der Waals surface area contributed by atoms with Gasteiger partial charge in [-0.3, -0.25) is 4.79 Å². The summed E-state index contributed by atoms with van der Waals surface area (Å²) in [5.74, 6) is -1.18. The highest BCUT2D eigenvalue weighted by molar-refractivity contribution is 7.90. The zero-order chi connectivity index (χ0) is 22.8. The smallest absolute Gasteiger partial charge is 0.343 e. The van der Waals surface area contributed by atoms with Gasteiger partial charge in [0.25, 0.3) is 0 Å². The first-order valence-corrected chi connectivity index (χ1v) is 11.4. The average Bonchev–Trinajstić information content (AvgIpc) is 2.74. The normalized spacial score (nSPS) is 11.5. The van der Waals surface area contributed by atoms with Gasteiger partial charge in [0, 0.05) is 23.9 Å². The van der Waals surface area contributed by atoms with E-state index < -0.39 is 33.7 Å². The van der Waals surface area contributed by atoms with Crippen molar-refractivity contribution in [3.8, 4) is 5.75 Å². The van der Waals surface area contributed by atoms with Gasteiger partial charge < -0.3 is 14.5 Å². The Morgan fingerprint density at radius 1 is 1.13 bits per heavy atom. The van der Waals surface area contributed by atoms with E-state index in [1.807, 2.05) is 6.92 Å². The molecule has 164 valence electrons. The Hall–Kier alpha value is -3.20. The quantitative estimate of drug-likeness (QED) is 0.559. The SMILES string of the molecule is CCc1[nH]c2c(F)ccc(OCC(=O)OC)c2c(=O)c1Cc1ccc(S(C)(=O)=O)cc1. The second-order valence-corrected chi connectivity index (χ2v) is 9.03. The van der Waals surface area contributed by atoms with Gasteiger partial charge in [-0.1, -0.05) is 19.1 Å². The van der Waals surface area contributed by atoms with Crippen molar-refractivity contribution in [1.29, 1.82) is 0 Å². The molecule has 0 saturated carbocycles. The number of carbonyl (C=O) groups excluding carboxylic acids is 1. The van der Waals surface area contributed by atoms with Crippen LogP contribution in [0.2, 0.25) is 0 Å². The lowest BCUT2D eigenvalue weighted by atomic mass is 9.99. The molecule has 0 saturated heterocycles. The summed E-state index contributed by atoms with van der Waals surface area (Å²) in [4.78, 5) is 27.9. The van der Waals surface area contributed by atoms with Crippen LogP contribution in [0.1, 0.15) is 23.7 Å². The van der Waals surface area contributed by atoms with E-state index in [0.29, 0.717) is 17.7 Å². The first kappa shape index (κ1) is 22.5. The zero-order valence-corrected chi connectivity index (χ0v) is 18.1. The van der Waals surface area contributed by atoms with E-state index in [0.717, 1.165) is 17.9 Å². The maximum atomic E-state index is 14.5. The highest BCUT2D eigenvalue weighted by atomic mass is 32.2. The lowest BCUT2D eigenvalue weighted by Crippen LogP contribution is -2.18. The van der Waals surface area contributed by atoms with Crippen LogP contribution < -0.4 is 10.2 Å². The molecule has 3 rings (SSSR count). The molecule has 0 aliphatic rings. The average molecular weight is 447 g/mol. The maximum Gasteiger partial charge on any atom is 0.343 e. The van der Waals surface area contributed by atoms with Gasteiger partial charge in [0.15, 0.2) is 21.9 Å². The molecule has 0 spiro atoms. The Bertz CT molecular complexity index is 1300. The molecule has 1 aromatic heterocycles. The van der Waals surface area contributed by atoms with E-state index in [1.54, 1.807) is 12.1 Å². The van der Waals surface area contributed by atoms with Gasteiger partial charge >= 0.3 is 5.97 Å². The van der Waals surface area contributed by atoms with Crippen LogP contribution in [0.4, 0.5) is 4.39 Å². The van der Waals surface area contributed by atoms with Gasteiger partial charge in [0.1, 0.15) is 11.6 Å². The van der Waals surface area contributed by atoms with E-state index in [-0.39, 0.29) is 28.0 Å². The Kier molecular flexibility index (Phi) is 6.45. The number of hydrogen-bond donors (Lipinski definition) is 1. The summed E-state index contributed by atoms with van der Waals surface area (Å²) >= 11 is 0. The molecule has 0 unspecified atom stereocenters. The Balaban J connectivity index is 2.11. The van der Waals surface area contributed by atoms with Crippen LogP contribution in [0.3, 0.4) is 0 Å².